The fourth-order valence-electron chi connectivity index (χ4n) is 2.98. The molecular formula is C17H25N3O3. The van der Waals surface area contributed by atoms with Crippen LogP contribution >= 0.6 is 0 Å². The molecule has 0 aromatic heterocycles. The zero-order valence-electron chi connectivity index (χ0n) is 14.0. The highest BCUT2D eigenvalue weighted by atomic mass is 16.6. The maximum Gasteiger partial charge on any atom is 0.410 e. The molecule has 0 spiro atoms. The van der Waals surface area contributed by atoms with E-state index in [0.29, 0.717) is 19.7 Å². The average molecular weight is 319 g/mol. The molecule has 2 aliphatic rings. The Morgan fingerprint density at radius 1 is 1.35 bits per heavy atom. The number of carbonyl (C=O) groups is 1. The largest absolute Gasteiger partial charge is 0.489 e. The molecule has 0 radical (unpaired) electrons. The van der Waals surface area contributed by atoms with Crippen LogP contribution in [0.2, 0.25) is 0 Å². The second kappa shape index (κ2) is 6.28. The van der Waals surface area contributed by atoms with Crippen molar-refractivity contribution in [1.82, 2.24) is 10.2 Å². The van der Waals surface area contributed by atoms with Gasteiger partial charge < -0.3 is 20.1 Å². The van der Waals surface area contributed by atoms with Gasteiger partial charge in [0.2, 0.25) is 0 Å². The first-order chi connectivity index (χ1) is 11.0. The zero-order valence-corrected chi connectivity index (χ0v) is 14.0. The highest BCUT2D eigenvalue weighted by Crippen LogP contribution is 2.38. The summed E-state index contributed by atoms with van der Waals surface area (Å²) in [7, 11) is 0. The number of anilines is 1. The van der Waals surface area contributed by atoms with Gasteiger partial charge in [-0.15, -0.1) is 0 Å². The van der Waals surface area contributed by atoms with Crippen LogP contribution in [0, 0.1) is 0 Å². The Morgan fingerprint density at radius 2 is 2.17 bits per heavy atom. The van der Waals surface area contributed by atoms with Gasteiger partial charge in [-0.1, -0.05) is 12.1 Å². The number of ether oxygens (including phenoxy) is 2. The molecule has 1 fully saturated rings. The van der Waals surface area contributed by atoms with E-state index >= 15 is 0 Å². The summed E-state index contributed by atoms with van der Waals surface area (Å²) in [5.41, 5.74) is 1.51. The zero-order chi connectivity index (χ0) is 16.4. The summed E-state index contributed by atoms with van der Waals surface area (Å²) in [5.74, 6) is 0.848. The molecule has 23 heavy (non-hydrogen) atoms. The second-order valence-corrected chi connectivity index (χ2v) is 6.89. The summed E-state index contributed by atoms with van der Waals surface area (Å²) < 4.78 is 11.4. The third kappa shape index (κ3) is 3.52. The minimum atomic E-state index is -0.499. The van der Waals surface area contributed by atoms with Crippen LogP contribution in [0.1, 0.15) is 32.4 Å². The number of hydrogen-bond acceptors (Lipinski definition) is 5. The highest BCUT2D eigenvalue weighted by Gasteiger charge is 2.33. The molecule has 6 nitrogen and oxygen atoms in total. The van der Waals surface area contributed by atoms with E-state index in [1.165, 1.54) is 0 Å². The predicted molar refractivity (Wildman–Crippen MR) is 89.0 cm³/mol. The van der Waals surface area contributed by atoms with Crippen molar-refractivity contribution in [3.8, 4) is 5.75 Å². The highest BCUT2D eigenvalue weighted by molar-refractivity contribution is 5.70. The van der Waals surface area contributed by atoms with Gasteiger partial charge in [0.15, 0.2) is 0 Å². The summed E-state index contributed by atoms with van der Waals surface area (Å²) >= 11 is 0. The number of nitrogens with one attached hydrogen (secondary N) is 2. The molecule has 2 heterocycles. The third-order valence-corrected chi connectivity index (χ3v) is 3.94. The van der Waals surface area contributed by atoms with Crippen LogP contribution in [-0.2, 0) is 4.74 Å². The number of rotatable bonds is 1. The Balaban J connectivity index is 1.89. The van der Waals surface area contributed by atoms with E-state index in [9.17, 15) is 4.79 Å². The Bertz CT molecular complexity index is 583. The molecule has 2 N–H and O–H groups in total. The number of hydrogen-bond donors (Lipinski definition) is 2. The van der Waals surface area contributed by atoms with Crippen LogP contribution in [0.5, 0.6) is 5.75 Å². The van der Waals surface area contributed by atoms with Gasteiger partial charge in [0, 0.05) is 31.7 Å². The lowest BCUT2D eigenvalue weighted by Gasteiger charge is -2.38. The van der Waals surface area contributed by atoms with E-state index in [2.05, 4.69) is 10.6 Å². The van der Waals surface area contributed by atoms with E-state index in [4.69, 9.17) is 9.47 Å². The first-order valence-corrected chi connectivity index (χ1v) is 8.15. The van der Waals surface area contributed by atoms with Crippen molar-refractivity contribution in [3.05, 3.63) is 23.8 Å². The number of carbonyl (C=O) groups excluding carboxylic acids is 1. The molecule has 1 aromatic carbocycles. The standard InChI is InChI=1S/C17H25N3O3/c1-17(2,3)23-16(21)20-9-7-18-11-14(20)12-5-4-6-13-15(12)22-10-8-19-13/h4-6,14,18-19H,7-11H2,1-3H3. The molecule has 6 heteroatoms. The Kier molecular flexibility index (Phi) is 4.35. The number of para-hydroxylation sites is 1. The van der Waals surface area contributed by atoms with Gasteiger partial charge in [-0.25, -0.2) is 4.79 Å². The number of piperazine rings is 1. The van der Waals surface area contributed by atoms with Crippen molar-refractivity contribution >= 4 is 11.8 Å². The van der Waals surface area contributed by atoms with Crippen LogP contribution < -0.4 is 15.4 Å². The van der Waals surface area contributed by atoms with Crippen molar-refractivity contribution < 1.29 is 14.3 Å². The number of fused-ring (bicyclic) bond motifs is 1. The van der Waals surface area contributed by atoms with Crippen LogP contribution in [0.15, 0.2) is 18.2 Å². The molecule has 1 saturated heterocycles. The molecule has 126 valence electrons. The lowest BCUT2D eigenvalue weighted by Crippen LogP contribution is -2.50. The van der Waals surface area contributed by atoms with Crippen molar-refractivity contribution in [2.75, 3.05) is 38.1 Å². The van der Waals surface area contributed by atoms with Crippen molar-refractivity contribution in [1.29, 1.82) is 0 Å². The van der Waals surface area contributed by atoms with Crippen LogP contribution in [0.25, 0.3) is 0 Å². The maximum atomic E-state index is 12.6. The molecule has 0 bridgehead atoms. The van der Waals surface area contributed by atoms with Gasteiger partial charge in [0.1, 0.15) is 18.0 Å². The molecule has 1 aromatic rings. The summed E-state index contributed by atoms with van der Waals surface area (Å²) in [4.78, 5) is 14.4. The minimum absolute atomic E-state index is 0.0894. The fourth-order valence-corrected chi connectivity index (χ4v) is 2.98. The predicted octanol–water partition coefficient (Wildman–Crippen LogP) is 2.37. The first kappa shape index (κ1) is 15.9. The van der Waals surface area contributed by atoms with E-state index in [1.807, 2.05) is 39.0 Å². The average Bonchev–Trinajstić information content (AvgIpc) is 2.53. The van der Waals surface area contributed by atoms with E-state index in [-0.39, 0.29) is 12.1 Å². The van der Waals surface area contributed by atoms with Crippen molar-refractivity contribution in [2.24, 2.45) is 0 Å². The molecule has 0 saturated carbocycles. The first-order valence-electron chi connectivity index (χ1n) is 8.15. The molecular weight excluding hydrogens is 294 g/mol. The van der Waals surface area contributed by atoms with Crippen LogP contribution in [0.3, 0.4) is 0 Å². The molecule has 0 aliphatic carbocycles. The normalized spacial score (nSPS) is 21.0. The summed E-state index contributed by atoms with van der Waals surface area (Å²) in [6.45, 7) is 9.18. The van der Waals surface area contributed by atoms with Gasteiger partial charge >= 0.3 is 6.09 Å². The van der Waals surface area contributed by atoms with E-state index in [1.54, 1.807) is 4.90 Å². The fraction of sp³-hybridized carbons (Fsp3) is 0.588. The Morgan fingerprint density at radius 3 is 2.96 bits per heavy atom. The second-order valence-electron chi connectivity index (χ2n) is 6.89. The molecule has 1 amide bonds. The Hall–Kier alpha value is -1.95. The number of nitrogens with zero attached hydrogens (tertiary/aromatic N) is 1. The molecule has 3 rings (SSSR count). The quantitative estimate of drug-likeness (QED) is 0.832. The van der Waals surface area contributed by atoms with Crippen LogP contribution in [-0.4, -0.2) is 49.4 Å². The van der Waals surface area contributed by atoms with Gasteiger partial charge in [-0.05, 0) is 26.8 Å². The van der Waals surface area contributed by atoms with Gasteiger partial charge in [-0.2, -0.15) is 0 Å². The molecule has 1 atom stereocenters. The molecule has 2 aliphatic heterocycles. The minimum Gasteiger partial charge on any atom is -0.489 e. The number of amides is 1. The van der Waals surface area contributed by atoms with Gasteiger partial charge in [0.25, 0.3) is 0 Å². The monoisotopic (exact) mass is 319 g/mol. The van der Waals surface area contributed by atoms with E-state index in [0.717, 1.165) is 30.1 Å². The van der Waals surface area contributed by atoms with Crippen molar-refractivity contribution in [3.63, 3.8) is 0 Å². The number of benzene rings is 1. The van der Waals surface area contributed by atoms with Gasteiger partial charge in [0.05, 0.1) is 11.7 Å². The SMILES string of the molecule is CC(C)(C)OC(=O)N1CCNCC1c1cccc2c1OCCN2. The Labute approximate surface area is 137 Å². The topological polar surface area (TPSA) is 62.8 Å². The van der Waals surface area contributed by atoms with E-state index < -0.39 is 5.60 Å². The summed E-state index contributed by atoms with van der Waals surface area (Å²) in [5, 5.41) is 6.71. The van der Waals surface area contributed by atoms with Crippen molar-refractivity contribution in [2.45, 2.75) is 32.4 Å². The van der Waals surface area contributed by atoms with Gasteiger partial charge in [-0.3, -0.25) is 4.90 Å². The third-order valence-electron chi connectivity index (χ3n) is 3.94. The molecule has 1 unspecified atom stereocenters. The summed E-state index contributed by atoms with van der Waals surface area (Å²) in [6.07, 6.45) is -0.273. The summed E-state index contributed by atoms with van der Waals surface area (Å²) in [6, 6.07) is 5.94. The lowest BCUT2D eigenvalue weighted by molar-refractivity contribution is 0.0115. The maximum absolute atomic E-state index is 12.6. The lowest BCUT2D eigenvalue weighted by atomic mass is 10.0. The van der Waals surface area contributed by atoms with Crippen LogP contribution in [0.4, 0.5) is 10.5 Å². The smallest absolute Gasteiger partial charge is 0.410 e.